The van der Waals surface area contributed by atoms with Crippen molar-refractivity contribution in [1.82, 2.24) is 25.0 Å². The van der Waals surface area contributed by atoms with Crippen LogP contribution in [-0.4, -0.2) is 32.1 Å². The molecule has 0 unspecified atom stereocenters. The van der Waals surface area contributed by atoms with E-state index in [1.165, 1.54) is 11.8 Å². The summed E-state index contributed by atoms with van der Waals surface area (Å²) >= 11 is 11.3. The summed E-state index contributed by atoms with van der Waals surface area (Å²) in [6.07, 6.45) is 0. The van der Waals surface area contributed by atoms with Crippen LogP contribution >= 0.6 is 39.3 Å². The molecule has 2 heterocycles. The number of benzene rings is 2. The number of methoxy groups -OCH3 is 1. The van der Waals surface area contributed by atoms with E-state index < -0.39 is 0 Å². The average molecular weight is 493 g/mol. The molecule has 4 rings (SSSR count). The fourth-order valence-electron chi connectivity index (χ4n) is 2.70. The number of ether oxygens (including phenoxy) is 1. The molecule has 0 spiro atoms. The molecule has 0 bridgehead atoms. The molecule has 148 valence electrons. The summed E-state index contributed by atoms with van der Waals surface area (Å²) in [5.74, 6) is 2.83. The van der Waals surface area contributed by atoms with Crippen LogP contribution in [0.3, 0.4) is 0 Å². The standard InChI is InChI=1S/C19H15BrClN5O2S/c1-11-22-23-17(28-11)10-29-19-25-24-18(12-3-5-13(20)6-4-12)26(19)14-7-8-16(27-2)15(21)9-14/h3-9H,10H2,1-2H3. The highest BCUT2D eigenvalue weighted by molar-refractivity contribution is 9.10. The molecule has 0 radical (unpaired) electrons. The second kappa shape index (κ2) is 8.56. The molecule has 0 aliphatic carbocycles. The fourth-order valence-corrected chi connectivity index (χ4v) is 4.00. The SMILES string of the molecule is COc1ccc(-n2c(SCc3nnc(C)o3)nnc2-c2ccc(Br)cc2)cc1Cl. The van der Waals surface area contributed by atoms with Crippen molar-refractivity contribution in [2.24, 2.45) is 0 Å². The number of hydrogen-bond acceptors (Lipinski definition) is 7. The van der Waals surface area contributed by atoms with E-state index >= 15 is 0 Å². The summed E-state index contributed by atoms with van der Waals surface area (Å²) < 4.78 is 13.7. The minimum atomic E-state index is 0.475. The van der Waals surface area contributed by atoms with Crippen LogP contribution in [0.15, 0.2) is 56.5 Å². The lowest BCUT2D eigenvalue weighted by molar-refractivity contribution is 0.415. The highest BCUT2D eigenvalue weighted by Gasteiger charge is 2.18. The van der Waals surface area contributed by atoms with Gasteiger partial charge in [0.1, 0.15) is 5.75 Å². The predicted octanol–water partition coefficient (Wildman–Crippen LogP) is 5.34. The van der Waals surface area contributed by atoms with Crippen molar-refractivity contribution in [3.05, 3.63) is 63.7 Å². The average Bonchev–Trinajstić information content (AvgIpc) is 3.33. The highest BCUT2D eigenvalue weighted by Crippen LogP contribution is 2.33. The van der Waals surface area contributed by atoms with Crippen LogP contribution in [0.25, 0.3) is 17.1 Å². The van der Waals surface area contributed by atoms with Crippen molar-refractivity contribution in [2.75, 3.05) is 7.11 Å². The summed E-state index contributed by atoms with van der Waals surface area (Å²) in [6, 6.07) is 13.4. The molecule has 4 aromatic rings. The summed E-state index contributed by atoms with van der Waals surface area (Å²) in [5.41, 5.74) is 1.75. The zero-order chi connectivity index (χ0) is 20.4. The number of nitrogens with zero attached hydrogens (tertiary/aromatic N) is 5. The highest BCUT2D eigenvalue weighted by atomic mass is 79.9. The summed E-state index contributed by atoms with van der Waals surface area (Å²) in [6.45, 7) is 1.76. The molecule has 0 aliphatic heterocycles. The Morgan fingerprint density at radius 1 is 1.10 bits per heavy atom. The van der Waals surface area contributed by atoms with E-state index in [0.717, 1.165) is 15.7 Å². The second-order valence-electron chi connectivity index (χ2n) is 5.97. The van der Waals surface area contributed by atoms with Gasteiger partial charge in [0.2, 0.25) is 11.8 Å². The van der Waals surface area contributed by atoms with Crippen molar-refractivity contribution in [3.63, 3.8) is 0 Å². The third-order valence-corrected chi connectivity index (χ3v) is 5.76. The normalized spacial score (nSPS) is 11.0. The predicted molar refractivity (Wildman–Crippen MR) is 115 cm³/mol. The molecule has 7 nitrogen and oxygen atoms in total. The lowest BCUT2D eigenvalue weighted by Gasteiger charge is -2.12. The third-order valence-electron chi connectivity index (χ3n) is 4.02. The topological polar surface area (TPSA) is 78.9 Å². The maximum atomic E-state index is 6.37. The van der Waals surface area contributed by atoms with Crippen LogP contribution in [0, 0.1) is 6.92 Å². The number of halogens is 2. The number of rotatable bonds is 6. The Labute approximate surface area is 184 Å². The van der Waals surface area contributed by atoms with E-state index in [-0.39, 0.29) is 0 Å². The Kier molecular flexibility index (Phi) is 5.89. The van der Waals surface area contributed by atoms with Gasteiger partial charge in [-0.15, -0.1) is 20.4 Å². The van der Waals surface area contributed by atoms with Crippen molar-refractivity contribution < 1.29 is 9.15 Å². The van der Waals surface area contributed by atoms with Crippen molar-refractivity contribution >= 4 is 39.3 Å². The largest absolute Gasteiger partial charge is 0.495 e. The Balaban J connectivity index is 1.76. The van der Waals surface area contributed by atoms with Crippen LogP contribution in [-0.2, 0) is 5.75 Å². The maximum Gasteiger partial charge on any atom is 0.226 e. The summed E-state index contributed by atoms with van der Waals surface area (Å²) in [4.78, 5) is 0. The molecule has 0 amide bonds. The molecule has 10 heteroatoms. The van der Waals surface area contributed by atoms with Gasteiger partial charge in [-0.05, 0) is 30.3 Å². The van der Waals surface area contributed by atoms with Crippen LogP contribution in [0.2, 0.25) is 5.02 Å². The monoisotopic (exact) mass is 491 g/mol. The van der Waals surface area contributed by atoms with Crippen LogP contribution in [0.5, 0.6) is 5.75 Å². The van der Waals surface area contributed by atoms with E-state index in [1.807, 2.05) is 47.0 Å². The lowest BCUT2D eigenvalue weighted by Crippen LogP contribution is -2.00. The van der Waals surface area contributed by atoms with E-state index in [4.69, 9.17) is 20.8 Å². The molecule has 0 fully saturated rings. The molecule has 2 aromatic heterocycles. The lowest BCUT2D eigenvalue weighted by atomic mass is 10.2. The molecule has 2 aromatic carbocycles. The maximum absolute atomic E-state index is 6.37. The van der Waals surface area contributed by atoms with Gasteiger partial charge in [0, 0.05) is 17.0 Å². The van der Waals surface area contributed by atoms with Gasteiger partial charge in [-0.2, -0.15) is 0 Å². The first kappa shape index (κ1) is 19.9. The molecule has 0 atom stereocenters. The Morgan fingerprint density at radius 3 is 2.55 bits per heavy atom. The first-order valence-corrected chi connectivity index (χ1v) is 10.7. The third kappa shape index (κ3) is 4.31. The van der Waals surface area contributed by atoms with Crippen molar-refractivity contribution in [3.8, 4) is 22.8 Å². The minimum absolute atomic E-state index is 0.475. The number of thioether (sulfide) groups is 1. The number of aryl methyl sites for hydroxylation is 1. The Bertz CT molecular complexity index is 1150. The van der Waals surface area contributed by atoms with Gasteiger partial charge in [0.05, 0.1) is 23.6 Å². The van der Waals surface area contributed by atoms with Crippen LogP contribution in [0.4, 0.5) is 0 Å². The van der Waals surface area contributed by atoms with Crippen molar-refractivity contribution in [2.45, 2.75) is 17.8 Å². The Hall–Kier alpha value is -2.36. The molecular weight excluding hydrogens is 478 g/mol. The van der Waals surface area contributed by atoms with E-state index in [9.17, 15) is 0 Å². The van der Waals surface area contributed by atoms with Crippen LogP contribution in [0.1, 0.15) is 11.8 Å². The van der Waals surface area contributed by atoms with E-state index in [0.29, 0.717) is 39.3 Å². The molecule has 0 N–H and O–H groups in total. The molecule has 0 aliphatic rings. The van der Waals surface area contributed by atoms with Gasteiger partial charge in [-0.1, -0.05) is 51.4 Å². The molecule has 0 saturated heterocycles. The van der Waals surface area contributed by atoms with Gasteiger partial charge in [0.25, 0.3) is 0 Å². The molecule has 0 saturated carbocycles. The van der Waals surface area contributed by atoms with Gasteiger partial charge in [0.15, 0.2) is 11.0 Å². The quantitative estimate of drug-likeness (QED) is 0.336. The molecule has 29 heavy (non-hydrogen) atoms. The summed E-state index contributed by atoms with van der Waals surface area (Å²) in [7, 11) is 1.58. The second-order valence-corrected chi connectivity index (χ2v) is 8.24. The minimum Gasteiger partial charge on any atom is -0.495 e. The van der Waals surface area contributed by atoms with Gasteiger partial charge in [-0.25, -0.2) is 0 Å². The van der Waals surface area contributed by atoms with E-state index in [2.05, 4.69) is 36.3 Å². The van der Waals surface area contributed by atoms with Gasteiger partial charge < -0.3 is 9.15 Å². The fraction of sp³-hybridized carbons (Fsp3) is 0.158. The first-order chi connectivity index (χ1) is 14.0. The van der Waals surface area contributed by atoms with Gasteiger partial charge >= 0.3 is 0 Å². The zero-order valence-electron chi connectivity index (χ0n) is 15.5. The van der Waals surface area contributed by atoms with Gasteiger partial charge in [-0.3, -0.25) is 4.57 Å². The first-order valence-electron chi connectivity index (χ1n) is 8.52. The van der Waals surface area contributed by atoms with E-state index in [1.54, 1.807) is 14.0 Å². The molecular formula is C19H15BrClN5O2S. The zero-order valence-corrected chi connectivity index (χ0v) is 18.6. The Morgan fingerprint density at radius 2 is 1.90 bits per heavy atom. The summed E-state index contributed by atoms with van der Waals surface area (Å²) in [5, 5.41) is 17.9. The van der Waals surface area contributed by atoms with Crippen molar-refractivity contribution in [1.29, 1.82) is 0 Å². The number of hydrogen-bond donors (Lipinski definition) is 0. The smallest absolute Gasteiger partial charge is 0.226 e. The number of aromatic nitrogens is 5. The van der Waals surface area contributed by atoms with Crippen LogP contribution < -0.4 is 4.74 Å².